The van der Waals surface area contributed by atoms with Crippen LogP contribution in [0.25, 0.3) is 0 Å². The SMILES string of the molecule is CCCN=C(N)Nc1cccnc1C. The molecule has 0 amide bonds. The van der Waals surface area contributed by atoms with Gasteiger partial charge in [-0.2, -0.15) is 0 Å². The molecule has 0 aliphatic carbocycles. The number of guanidine groups is 1. The van der Waals surface area contributed by atoms with E-state index < -0.39 is 0 Å². The second-order valence-electron chi connectivity index (χ2n) is 3.03. The van der Waals surface area contributed by atoms with Crippen molar-refractivity contribution >= 4 is 11.6 Å². The van der Waals surface area contributed by atoms with Crippen LogP contribution in [-0.4, -0.2) is 17.5 Å². The Kier molecular flexibility index (Phi) is 3.91. The molecule has 76 valence electrons. The third kappa shape index (κ3) is 3.05. The lowest BCUT2D eigenvalue weighted by molar-refractivity contribution is 0.929. The van der Waals surface area contributed by atoms with Gasteiger partial charge in [-0.15, -0.1) is 0 Å². The van der Waals surface area contributed by atoms with Crippen molar-refractivity contribution in [3.05, 3.63) is 24.0 Å². The van der Waals surface area contributed by atoms with Crippen LogP contribution in [0.3, 0.4) is 0 Å². The predicted octanol–water partition coefficient (Wildman–Crippen LogP) is 1.53. The van der Waals surface area contributed by atoms with E-state index in [1.807, 2.05) is 19.1 Å². The molecule has 0 unspecified atom stereocenters. The Bertz CT molecular complexity index is 320. The average molecular weight is 192 g/mol. The fourth-order valence-corrected chi connectivity index (χ4v) is 1.03. The highest BCUT2D eigenvalue weighted by Crippen LogP contribution is 2.09. The zero-order valence-corrected chi connectivity index (χ0v) is 8.62. The fraction of sp³-hybridized carbons (Fsp3) is 0.400. The summed E-state index contributed by atoms with van der Waals surface area (Å²) in [6.07, 6.45) is 2.74. The summed E-state index contributed by atoms with van der Waals surface area (Å²) in [5, 5.41) is 3.01. The van der Waals surface area contributed by atoms with E-state index in [0.717, 1.165) is 24.3 Å². The standard InChI is InChI=1S/C10H16N4/c1-3-6-13-10(11)14-9-5-4-7-12-8(9)2/h4-5,7H,3,6H2,1-2H3,(H3,11,13,14). The highest BCUT2D eigenvalue weighted by molar-refractivity contribution is 5.92. The Hall–Kier alpha value is -1.58. The van der Waals surface area contributed by atoms with Crippen LogP contribution in [0.5, 0.6) is 0 Å². The molecule has 1 aromatic heterocycles. The van der Waals surface area contributed by atoms with E-state index in [0.29, 0.717) is 5.96 Å². The number of rotatable bonds is 3. The third-order valence-electron chi connectivity index (χ3n) is 1.78. The van der Waals surface area contributed by atoms with Gasteiger partial charge in [0.15, 0.2) is 5.96 Å². The van der Waals surface area contributed by atoms with Crippen LogP contribution in [0.15, 0.2) is 23.3 Å². The predicted molar refractivity (Wildman–Crippen MR) is 59.4 cm³/mol. The number of pyridine rings is 1. The first-order valence-electron chi connectivity index (χ1n) is 4.72. The first kappa shape index (κ1) is 10.5. The Morgan fingerprint density at radius 1 is 1.64 bits per heavy atom. The molecule has 14 heavy (non-hydrogen) atoms. The Labute approximate surface area is 84.3 Å². The van der Waals surface area contributed by atoms with Crippen LogP contribution >= 0.6 is 0 Å². The molecular weight excluding hydrogens is 176 g/mol. The van der Waals surface area contributed by atoms with E-state index in [2.05, 4.69) is 22.2 Å². The van der Waals surface area contributed by atoms with Crippen LogP contribution in [0.1, 0.15) is 19.0 Å². The number of hydrogen-bond donors (Lipinski definition) is 2. The Morgan fingerprint density at radius 2 is 2.43 bits per heavy atom. The Balaban J connectivity index is 2.64. The van der Waals surface area contributed by atoms with Crippen LogP contribution < -0.4 is 11.1 Å². The summed E-state index contributed by atoms with van der Waals surface area (Å²) in [5.41, 5.74) is 7.50. The van der Waals surface area contributed by atoms with Crippen molar-refractivity contribution in [2.45, 2.75) is 20.3 Å². The summed E-state index contributed by atoms with van der Waals surface area (Å²) < 4.78 is 0. The van der Waals surface area contributed by atoms with E-state index in [-0.39, 0.29) is 0 Å². The normalized spacial score (nSPS) is 11.4. The highest BCUT2D eigenvalue weighted by Gasteiger charge is 1.98. The molecule has 1 rings (SSSR count). The average Bonchev–Trinajstić information content (AvgIpc) is 2.18. The van der Waals surface area contributed by atoms with Gasteiger partial charge < -0.3 is 11.1 Å². The lowest BCUT2D eigenvalue weighted by Gasteiger charge is -2.06. The van der Waals surface area contributed by atoms with Crippen molar-refractivity contribution in [3.8, 4) is 0 Å². The quantitative estimate of drug-likeness (QED) is 0.564. The lowest BCUT2D eigenvalue weighted by Crippen LogP contribution is -2.23. The number of aryl methyl sites for hydroxylation is 1. The monoisotopic (exact) mass is 192 g/mol. The van der Waals surface area contributed by atoms with Crippen molar-refractivity contribution in [2.24, 2.45) is 10.7 Å². The van der Waals surface area contributed by atoms with Gasteiger partial charge in [-0.05, 0) is 25.5 Å². The molecule has 0 aromatic carbocycles. The van der Waals surface area contributed by atoms with Gasteiger partial charge in [0.05, 0.1) is 11.4 Å². The minimum absolute atomic E-state index is 0.447. The molecule has 0 atom stereocenters. The zero-order chi connectivity index (χ0) is 10.4. The molecule has 1 heterocycles. The van der Waals surface area contributed by atoms with Crippen molar-refractivity contribution in [2.75, 3.05) is 11.9 Å². The van der Waals surface area contributed by atoms with Gasteiger partial charge >= 0.3 is 0 Å². The van der Waals surface area contributed by atoms with Crippen LogP contribution in [0, 0.1) is 6.92 Å². The zero-order valence-electron chi connectivity index (χ0n) is 8.62. The molecule has 0 fully saturated rings. The van der Waals surface area contributed by atoms with Crippen LogP contribution in [0.2, 0.25) is 0 Å². The van der Waals surface area contributed by atoms with E-state index >= 15 is 0 Å². The maximum absolute atomic E-state index is 5.67. The van der Waals surface area contributed by atoms with E-state index in [9.17, 15) is 0 Å². The van der Waals surface area contributed by atoms with Crippen molar-refractivity contribution in [1.82, 2.24) is 4.98 Å². The molecule has 0 spiro atoms. The number of hydrogen-bond acceptors (Lipinski definition) is 2. The van der Waals surface area contributed by atoms with E-state index in [4.69, 9.17) is 5.73 Å². The smallest absolute Gasteiger partial charge is 0.193 e. The summed E-state index contributed by atoms with van der Waals surface area (Å²) in [6.45, 7) is 4.74. The van der Waals surface area contributed by atoms with Gasteiger partial charge in [0.1, 0.15) is 0 Å². The van der Waals surface area contributed by atoms with Gasteiger partial charge in [-0.25, -0.2) is 0 Å². The maximum atomic E-state index is 5.67. The van der Waals surface area contributed by atoms with Gasteiger partial charge in [-0.1, -0.05) is 6.92 Å². The first-order valence-corrected chi connectivity index (χ1v) is 4.72. The number of anilines is 1. The molecule has 1 aromatic rings. The number of aromatic nitrogens is 1. The van der Waals surface area contributed by atoms with Crippen LogP contribution in [-0.2, 0) is 0 Å². The number of nitrogens with two attached hydrogens (primary N) is 1. The molecule has 3 N–H and O–H groups in total. The summed E-state index contributed by atoms with van der Waals surface area (Å²) in [5.74, 6) is 0.447. The van der Waals surface area contributed by atoms with Crippen molar-refractivity contribution in [3.63, 3.8) is 0 Å². The highest BCUT2D eigenvalue weighted by atomic mass is 15.1. The molecule has 0 aliphatic heterocycles. The molecule has 0 aliphatic rings. The van der Waals surface area contributed by atoms with E-state index in [1.165, 1.54) is 0 Å². The summed E-state index contributed by atoms with van der Waals surface area (Å²) in [6, 6.07) is 3.79. The first-order chi connectivity index (χ1) is 6.74. The van der Waals surface area contributed by atoms with Gasteiger partial charge in [-0.3, -0.25) is 9.98 Å². The molecular formula is C10H16N4. The minimum atomic E-state index is 0.447. The molecule has 0 bridgehead atoms. The van der Waals surface area contributed by atoms with Crippen molar-refractivity contribution < 1.29 is 0 Å². The minimum Gasteiger partial charge on any atom is -0.370 e. The third-order valence-corrected chi connectivity index (χ3v) is 1.78. The van der Waals surface area contributed by atoms with Gasteiger partial charge in [0.25, 0.3) is 0 Å². The maximum Gasteiger partial charge on any atom is 0.193 e. The Morgan fingerprint density at radius 3 is 3.07 bits per heavy atom. The number of nitrogens with zero attached hydrogens (tertiary/aromatic N) is 2. The molecule has 0 saturated carbocycles. The van der Waals surface area contributed by atoms with Crippen LogP contribution in [0.4, 0.5) is 5.69 Å². The molecule has 4 nitrogen and oxygen atoms in total. The topological polar surface area (TPSA) is 63.3 Å². The summed E-state index contributed by atoms with van der Waals surface area (Å²) >= 11 is 0. The largest absolute Gasteiger partial charge is 0.370 e. The molecule has 0 saturated heterocycles. The fourth-order valence-electron chi connectivity index (χ4n) is 1.03. The van der Waals surface area contributed by atoms with Gasteiger partial charge in [0, 0.05) is 12.7 Å². The second-order valence-corrected chi connectivity index (χ2v) is 3.03. The number of aliphatic imine (C=N–C) groups is 1. The lowest BCUT2D eigenvalue weighted by atomic mass is 10.3. The summed E-state index contributed by atoms with van der Waals surface area (Å²) in [4.78, 5) is 8.27. The van der Waals surface area contributed by atoms with Gasteiger partial charge in [0.2, 0.25) is 0 Å². The molecule has 4 heteroatoms. The van der Waals surface area contributed by atoms with E-state index in [1.54, 1.807) is 6.20 Å². The summed E-state index contributed by atoms with van der Waals surface area (Å²) in [7, 11) is 0. The molecule has 0 radical (unpaired) electrons. The van der Waals surface area contributed by atoms with Crippen molar-refractivity contribution in [1.29, 1.82) is 0 Å². The second kappa shape index (κ2) is 5.21. The number of nitrogens with one attached hydrogen (secondary N) is 1.